The van der Waals surface area contributed by atoms with Gasteiger partial charge < -0.3 is 15.2 Å². The standard InChI is InChI=1S/C20H20ClN5/c1-23-16-9-8-14(17(21)11-16)12-26-19-7-3-2-6-18(19)24-20(26)25-10-4-5-15(22)13-25/h2-3,6-9,11,15H,4-5,10,12-13,22H2/t15-/m1/s1. The van der Waals surface area contributed by atoms with E-state index < -0.39 is 0 Å². The van der Waals surface area contributed by atoms with Crippen molar-refractivity contribution in [2.24, 2.45) is 5.73 Å². The zero-order valence-electron chi connectivity index (χ0n) is 14.4. The number of rotatable bonds is 3. The average Bonchev–Trinajstić information content (AvgIpc) is 3.02. The molecule has 0 spiro atoms. The van der Waals surface area contributed by atoms with E-state index in [4.69, 9.17) is 28.9 Å². The first-order valence-corrected chi connectivity index (χ1v) is 9.15. The Bertz CT molecular complexity index is 988. The average molecular weight is 366 g/mol. The summed E-state index contributed by atoms with van der Waals surface area (Å²) in [4.78, 5) is 10.6. The molecule has 1 aliphatic rings. The lowest BCUT2D eigenvalue weighted by Crippen LogP contribution is -2.44. The van der Waals surface area contributed by atoms with E-state index >= 15 is 0 Å². The number of para-hydroxylation sites is 2. The number of benzene rings is 2. The monoisotopic (exact) mass is 365 g/mol. The van der Waals surface area contributed by atoms with Crippen molar-refractivity contribution in [3.8, 4) is 0 Å². The van der Waals surface area contributed by atoms with Crippen LogP contribution in [0.15, 0.2) is 42.5 Å². The lowest BCUT2D eigenvalue weighted by molar-refractivity contribution is 0.495. The van der Waals surface area contributed by atoms with Gasteiger partial charge in [-0.25, -0.2) is 9.83 Å². The van der Waals surface area contributed by atoms with Crippen LogP contribution in [-0.2, 0) is 6.54 Å². The molecule has 0 aliphatic carbocycles. The summed E-state index contributed by atoms with van der Waals surface area (Å²) in [6.07, 6.45) is 2.13. The van der Waals surface area contributed by atoms with E-state index in [1.807, 2.05) is 30.3 Å². The topological polar surface area (TPSA) is 51.4 Å². The zero-order valence-corrected chi connectivity index (χ0v) is 15.2. The highest BCUT2D eigenvalue weighted by molar-refractivity contribution is 6.31. The minimum Gasteiger partial charge on any atom is -0.341 e. The van der Waals surface area contributed by atoms with Crippen molar-refractivity contribution in [3.05, 3.63) is 64.5 Å². The highest BCUT2D eigenvalue weighted by Crippen LogP contribution is 2.29. The van der Waals surface area contributed by atoms with Gasteiger partial charge in [-0.05, 0) is 36.6 Å². The summed E-state index contributed by atoms with van der Waals surface area (Å²) in [5.41, 5.74) is 9.76. The molecule has 5 nitrogen and oxygen atoms in total. The second-order valence-corrected chi connectivity index (χ2v) is 7.13. The van der Waals surface area contributed by atoms with Crippen LogP contribution < -0.4 is 10.6 Å². The fourth-order valence-corrected chi connectivity index (χ4v) is 3.79. The van der Waals surface area contributed by atoms with E-state index in [1.54, 1.807) is 6.07 Å². The molecule has 132 valence electrons. The van der Waals surface area contributed by atoms with Crippen molar-refractivity contribution in [3.63, 3.8) is 0 Å². The van der Waals surface area contributed by atoms with Crippen LogP contribution in [0.3, 0.4) is 0 Å². The lowest BCUT2D eigenvalue weighted by atomic mass is 10.1. The molecule has 4 rings (SSSR count). The van der Waals surface area contributed by atoms with E-state index in [1.165, 1.54) is 0 Å². The van der Waals surface area contributed by atoms with Crippen molar-refractivity contribution >= 4 is 34.3 Å². The summed E-state index contributed by atoms with van der Waals surface area (Å²) in [6, 6.07) is 13.8. The molecule has 2 heterocycles. The molecule has 1 saturated heterocycles. The molecular formula is C20H20ClN5. The third kappa shape index (κ3) is 3.14. The SMILES string of the molecule is [C-]#[N+]c1ccc(Cn2c(N3CCC[C@@H](N)C3)nc3ccccc32)c(Cl)c1. The molecule has 1 fully saturated rings. The number of hydrogen-bond donors (Lipinski definition) is 1. The third-order valence-electron chi connectivity index (χ3n) is 4.87. The molecule has 2 N–H and O–H groups in total. The molecule has 2 aromatic carbocycles. The van der Waals surface area contributed by atoms with Gasteiger partial charge in [0, 0.05) is 24.2 Å². The predicted molar refractivity (Wildman–Crippen MR) is 106 cm³/mol. The minimum absolute atomic E-state index is 0.179. The van der Waals surface area contributed by atoms with Crippen molar-refractivity contribution in [1.82, 2.24) is 9.55 Å². The van der Waals surface area contributed by atoms with Gasteiger partial charge in [-0.1, -0.05) is 35.9 Å². The van der Waals surface area contributed by atoms with Crippen molar-refractivity contribution in [1.29, 1.82) is 0 Å². The van der Waals surface area contributed by atoms with Gasteiger partial charge in [-0.3, -0.25) is 0 Å². The third-order valence-corrected chi connectivity index (χ3v) is 5.22. The maximum Gasteiger partial charge on any atom is 0.206 e. The Kier molecular flexibility index (Phi) is 4.54. The first kappa shape index (κ1) is 16.9. The van der Waals surface area contributed by atoms with Gasteiger partial charge >= 0.3 is 0 Å². The Labute approximate surface area is 157 Å². The second kappa shape index (κ2) is 6.99. The van der Waals surface area contributed by atoms with Crippen molar-refractivity contribution in [2.45, 2.75) is 25.4 Å². The first-order valence-electron chi connectivity index (χ1n) is 8.77. The Hall–Kier alpha value is -2.55. The fourth-order valence-electron chi connectivity index (χ4n) is 3.56. The molecule has 0 radical (unpaired) electrons. The number of aromatic nitrogens is 2. The summed E-state index contributed by atoms with van der Waals surface area (Å²) in [6.45, 7) is 9.52. The highest BCUT2D eigenvalue weighted by atomic mass is 35.5. The number of fused-ring (bicyclic) bond motifs is 1. The van der Waals surface area contributed by atoms with Crippen molar-refractivity contribution in [2.75, 3.05) is 18.0 Å². The Morgan fingerprint density at radius 1 is 1.27 bits per heavy atom. The minimum atomic E-state index is 0.179. The Morgan fingerprint density at radius 2 is 2.12 bits per heavy atom. The predicted octanol–water partition coefficient (Wildman–Crippen LogP) is 4.22. The lowest BCUT2D eigenvalue weighted by Gasteiger charge is -2.32. The molecule has 0 saturated carbocycles. The number of nitrogens with zero attached hydrogens (tertiary/aromatic N) is 4. The van der Waals surface area contributed by atoms with Gasteiger partial charge in [0.2, 0.25) is 5.95 Å². The highest BCUT2D eigenvalue weighted by Gasteiger charge is 2.23. The van der Waals surface area contributed by atoms with Gasteiger partial charge in [0.05, 0.1) is 24.2 Å². The summed E-state index contributed by atoms with van der Waals surface area (Å²) >= 11 is 6.43. The van der Waals surface area contributed by atoms with Crippen LogP contribution in [0.5, 0.6) is 0 Å². The molecule has 0 amide bonds. The second-order valence-electron chi connectivity index (χ2n) is 6.72. The van der Waals surface area contributed by atoms with Gasteiger partial charge in [0.1, 0.15) is 0 Å². The van der Waals surface area contributed by atoms with Crippen LogP contribution in [0, 0.1) is 6.57 Å². The van der Waals surface area contributed by atoms with E-state index in [9.17, 15) is 0 Å². The Morgan fingerprint density at radius 3 is 2.88 bits per heavy atom. The zero-order chi connectivity index (χ0) is 18.1. The first-order chi connectivity index (χ1) is 12.7. The summed E-state index contributed by atoms with van der Waals surface area (Å²) < 4.78 is 2.20. The van der Waals surface area contributed by atoms with Gasteiger partial charge in [-0.15, -0.1) is 0 Å². The molecule has 1 atom stereocenters. The van der Waals surface area contributed by atoms with Crippen molar-refractivity contribution < 1.29 is 0 Å². The van der Waals surface area contributed by atoms with Crippen LogP contribution in [-0.4, -0.2) is 28.7 Å². The number of anilines is 1. The van der Waals surface area contributed by atoms with E-state index in [2.05, 4.69) is 20.4 Å². The number of hydrogen-bond acceptors (Lipinski definition) is 3. The van der Waals surface area contributed by atoms with Crippen LogP contribution >= 0.6 is 11.6 Å². The molecule has 26 heavy (non-hydrogen) atoms. The maximum atomic E-state index is 7.13. The molecule has 6 heteroatoms. The van der Waals surface area contributed by atoms with E-state index in [0.717, 1.165) is 48.5 Å². The van der Waals surface area contributed by atoms with Crippen LogP contribution in [0.4, 0.5) is 11.6 Å². The van der Waals surface area contributed by atoms with Gasteiger partial charge in [-0.2, -0.15) is 0 Å². The molecule has 1 aliphatic heterocycles. The molecule has 0 bridgehead atoms. The fraction of sp³-hybridized carbons (Fsp3) is 0.300. The van der Waals surface area contributed by atoms with Gasteiger partial charge in [0.25, 0.3) is 0 Å². The number of nitrogens with two attached hydrogens (primary N) is 1. The number of piperidine rings is 1. The maximum absolute atomic E-state index is 7.13. The van der Waals surface area contributed by atoms with E-state index in [-0.39, 0.29) is 6.04 Å². The number of imidazole rings is 1. The molecule has 0 unspecified atom stereocenters. The smallest absolute Gasteiger partial charge is 0.206 e. The molecule has 3 aromatic rings. The normalized spacial score (nSPS) is 17.4. The van der Waals surface area contributed by atoms with Crippen LogP contribution in [0.1, 0.15) is 18.4 Å². The largest absolute Gasteiger partial charge is 0.341 e. The summed E-state index contributed by atoms with van der Waals surface area (Å²) in [5, 5.41) is 0.609. The Balaban J connectivity index is 1.78. The summed E-state index contributed by atoms with van der Waals surface area (Å²) in [5.74, 6) is 0.937. The molecule has 1 aromatic heterocycles. The molecular weight excluding hydrogens is 346 g/mol. The summed E-state index contributed by atoms with van der Waals surface area (Å²) in [7, 11) is 0. The number of halogens is 1. The van der Waals surface area contributed by atoms with Gasteiger partial charge in [0.15, 0.2) is 5.69 Å². The van der Waals surface area contributed by atoms with Crippen LogP contribution in [0.25, 0.3) is 15.9 Å². The van der Waals surface area contributed by atoms with Crippen LogP contribution in [0.2, 0.25) is 5.02 Å². The quantitative estimate of drug-likeness (QED) is 0.707. The van der Waals surface area contributed by atoms with E-state index in [0.29, 0.717) is 17.3 Å².